The van der Waals surface area contributed by atoms with Gasteiger partial charge in [-0.2, -0.15) is 0 Å². The minimum absolute atomic E-state index is 0.0136. The normalized spacial score (nSPS) is 15.4. The van der Waals surface area contributed by atoms with E-state index >= 15 is 0 Å². The number of carbonyl (C=O) groups is 2. The molecular formula is C27H24N4O5S2. The maximum absolute atomic E-state index is 13.6. The van der Waals surface area contributed by atoms with Crippen molar-refractivity contribution < 1.29 is 22.7 Å². The van der Waals surface area contributed by atoms with E-state index in [4.69, 9.17) is 4.74 Å². The summed E-state index contributed by atoms with van der Waals surface area (Å²) in [7, 11) is -2.94. The molecule has 1 unspecified atom stereocenters. The van der Waals surface area contributed by atoms with E-state index in [2.05, 4.69) is 15.5 Å². The van der Waals surface area contributed by atoms with Gasteiger partial charge in [0.25, 0.3) is 15.9 Å². The second-order valence-corrected chi connectivity index (χ2v) is 11.6. The fraction of sp³-hybridized carbons (Fsp3) is 0.185. The van der Waals surface area contributed by atoms with E-state index in [1.54, 1.807) is 0 Å². The first-order valence-corrected chi connectivity index (χ1v) is 14.1. The van der Waals surface area contributed by atoms with E-state index in [-0.39, 0.29) is 35.1 Å². The van der Waals surface area contributed by atoms with Gasteiger partial charge < -0.3 is 4.74 Å². The van der Waals surface area contributed by atoms with Crippen molar-refractivity contribution in [2.75, 3.05) is 19.0 Å². The molecule has 1 aliphatic heterocycles. The molecule has 194 valence electrons. The van der Waals surface area contributed by atoms with Crippen molar-refractivity contribution in [1.82, 2.24) is 14.5 Å². The number of nitrogens with one attached hydrogen (secondary N) is 1. The average molecular weight is 549 g/mol. The Balaban J connectivity index is 1.36. The van der Waals surface area contributed by atoms with Crippen LogP contribution < -0.4 is 10.1 Å². The van der Waals surface area contributed by atoms with Gasteiger partial charge in [-0.3, -0.25) is 14.9 Å². The molecule has 1 aliphatic rings. The van der Waals surface area contributed by atoms with Crippen LogP contribution in [0.1, 0.15) is 38.8 Å². The highest BCUT2D eigenvalue weighted by Crippen LogP contribution is 2.35. The zero-order chi connectivity index (χ0) is 26.7. The quantitative estimate of drug-likeness (QED) is 0.352. The monoisotopic (exact) mass is 548 g/mol. The van der Waals surface area contributed by atoms with E-state index in [1.807, 2.05) is 60.7 Å². The molecule has 0 spiro atoms. The number of nitrogens with zero attached hydrogens (tertiary/aromatic N) is 3. The summed E-state index contributed by atoms with van der Waals surface area (Å²) in [6, 6.07) is 23.2. The van der Waals surface area contributed by atoms with Crippen molar-refractivity contribution in [1.29, 1.82) is 0 Å². The first-order valence-electron chi connectivity index (χ1n) is 11.8. The molecule has 0 bridgehead atoms. The van der Waals surface area contributed by atoms with E-state index in [1.165, 1.54) is 36.6 Å². The predicted molar refractivity (Wildman–Crippen MR) is 143 cm³/mol. The molecule has 0 saturated carbocycles. The first kappa shape index (κ1) is 25.6. The van der Waals surface area contributed by atoms with Crippen LogP contribution in [0.25, 0.3) is 0 Å². The van der Waals surface area contributed by atoms with Crippen molar-refractivity contribution >= 4 is 38.3 Å². The molecule has 11 heteroatoms. The largest absolute Gasteiger partial charge is 0.495 e. The fourth-order valence-corrected chi connectivity index (χ4v) is 6.72. The van der Waals surface area contributed by atoms with Gasteiger partial charge in [-0.25, -0.2) is 12.7 Å². The summed E-state index contributed by atoms with van der Waals surface area (Å²) in [6.45, 7) is 0.0136. The third kappa shape index (κ3) is 5.29. The Kier molecular flexibility index (Phi) is 7.21. The van der Waals surface area contributed by atoms with E-state index in [9.17, 15) is 18.0 Å². The number of benzene rings is 3. The van der Waals surface area contributed by atoms with Crippen molar-refractivity contribution in [3.05, 3.63) is 101 Å². The van der Waals surface area contributed by atoms with Gasteiger partial charge in [0.1, 0.15) is 15.7 Å². The molecule has 3 aromatic carbocycles. The summed E-state index contributed by atoms with van der Waals surface area (Å²) in [6.07, 6.45) is 0.654. The number of carbonyl (C=O) groups excluding carboxylic acids is 2. The lowest BCUT2D eigenvalue weighted by Gasteiger charge is -2.19. The Morgan fingerprint density at radius 2 is 1.76 bits per heavy atom. The molecule has 9 nitrogen and oxygen atoms in total. The standard InChI is InChI=1S/C27H24N4O5S2/c1-36-22-13-12-20(26(33)28-27-30-29-24(37-27)14-18-8-4-2-5-9-18)15-23(22)38(34,35)31-17-21(16-25(31)32)19-10-6-3-7-11-19/h2-13,15,21H,14,16-17H2,1H3,(H,28,30,33). The Bertz CT molecular complexity index is 1570. The predicted octanol–water partition coefficient (Wildman–Crippen LogP) is 4.09. The number of sulfonamides is 1. The minimum Gasteiger partial charge on any atom is -0.495 e. The van der Waals surface area contributed by atoms with Crippen molar-refractivity contribution in [2.24, 2.45) is 0 Å². The van der Waals surface area contributed by atoms with Gasteiger partial charge in [-0.15, -0.1) is 10.2 Å². The van der Waals surface area contributed by atoms with Gasteiger partial charge in [0.2, 0.25) is 11.0 Å². The fourth-order valence-electron chi connectivity index (χ4n) is 4.31. The lowest BCUT2D eigenvalue weighted by molar-refractivity contribution is -0.123. The zero-order valence-corrected chi connectivity index (χ0v) is 22.0. The van der Waals surface area contributed by atoms with Crippen LogP contribution in [0.3, 0.4) is 0 Å². The summed E-state index contributed by atoms with van der Waals surface area (Å²) in [5, 5.41) is 11.9. The van der Waals surface area contributed by atoms with E-state index < -0.39 is 21.8 Å². The Hall–Kier alpha value is -4.09. The molecule has 1 fully saturated rings. The average Bonchev–Trinajstić information content (AvgIpc) is 3.55. The minimum atomic E-state index is -4.28. The molecular weight excluding hydrogens is 524 g/mol. The Morgan fingerprint density at radius 1 is 1.05 bits per heavy atom. The van der Waals surface area contributed by atoms with Crippen LogP contribution >= 0.6 is 11.3 Å². The van der Waals surface area contributed by atoms with Crippen LogP contribution in [0.5, 0.6) is 5.75 Å². The zero-order valence-electron chi connectivity index (χ0n) is 20.4. The molecule has 1 atom stereocenters. The highest BCUT2D eigenvalue weighted by Gasteiger charge is 2.40. The highest BCUT2D eigenvalue weighted by molar-refractivity contribution is 7.89. The van der Waals surface area contributed by atoms with Gasteiger partial charge in [0.15, 0.2) is 0 Å². The summed E-state index contributed by atoms with van der Waals surface area (Å²) >= 11 is 1.24. The van der Waals surface area contributed by atoms with Crippen LogP contribution in [0.2, 0.25) is 0 Å². The molecule has 0 radical (unpaired) electrons. The van der Waals surface area contributed by atoms with Crippen molar-refractivity contribution in [2.45, 2.75) is 23.7 Å². The van der Waals surface area contributed by atoms with Crippen LogP contribution in [-0.4, -0.2) is 48.4 Å². The van der Waals surface area contributed by atoms with Gasteiger partial charge in [0.05, 0.1) is 7.11 Å². The summed E-state index contributed by atoms with van der Waals surface area (Å²) < 4.78 is 33.3. The number of rotatable bonds is 8. The highest BCUT2D eigenvalue weighted by atomic mass is 32.2. The second-order valence-electron chi connectivity index (χ2n) is 8.72. The van der Waals surface area contributed by atoms with Crippen LogP contribution in [0.15, 0.2) is 83.8 Å². The van der Waals surface area contributed by atoms with Gasteiger partial charge >= 0.3 is 0 Å². The van der Waals surface area contributed by atoms with E-state index in [0.29, 0.717) is 11.6 Å². The number of hydrogen-bond donors (Lipinski definition) is 1. The topological polar surface area (TPSA) is 119 Å². The SMILES string of the molecule is COc1ccc(C(=O)Nc2nnc(Cc3ccccc3)s2)cc1S(=O)(=O)N1CC(c2ccccc2)CC1=O. The van der Waals surface area contributed by atoms with E-state index in [0.717, 1.165) is 20.4 Å². The number of methoxy groups -OCH3 is 1. The van der Waals surface area contributed by atoms with Crippen LogP contribution in [0.4, 0.5) is 5.13 Å². The molecule has 38 heavy (non-hydrogen) atoms. The lowest BCUT2D eigenvalue weighted by Crippen LogP contribution is -2.32. The molecule has 1 saturated heterocycles. The summed E-state index contributed by atoms with van der Waals surface area (Å²) in [5.41, 5.74) is 2.04. The van der Waals surface area contributed by atoms with Gasteiger partial charge in [-0.05, 0) is 29.3 Å². The van der Waals surface area contributed by atoms with Crippen LogP contribution in [0, 0.1) is 0 Å². The second kappa shape index (κ2) is 10.7. The number of ether oxygens (including phenoxy) is 1. The maximum Gasteiger partial charge on any atom is 0.270 e. The van der Waals surface area contributed by atoms with Gasteiger partial charge in [0, 0.05) is 30.9 Å². The number of aromatic nitrogens is 2. The molecule has 2 amide bonds. The van der Waals surface area contributed by atoms with Crippen molar-refractivity contribution in [3.8, 4) is 5.75 Å². The summed E-state index contributed by atoms with van der Waals surface area (Å²) in [5.74, 6) is -1.27. The smallest absolute Gasteiger partial charge is 0.270 e. The third-order valence-corrected chi connectivity index (χ3v) is 8.88. The molecule has 5 rings (SSSR count). The van der Waals surface area contributed by atoms with Crippen molar-refractivity contribution in [3.63, 3.8) is 0 Å². The Morgan fingerprint density at radius 3 is 2.47 bits per heavy atom. The molecule has 4 aromatic rings. The molecule has 2 heterocycles. The number of amides is 2. The molecule has 1 aromatic heterocycles. The molecule has 0 aliphatic carbocycles. The number of anilines is 1. The Labute approximate surface area is 224 Å². The summed E-state index contributed by atoms with van der Waals surface area (Å²) in [4.78, 5) is 25.5. The number of hydrogen-bond acceptors (Lipinski definition) is 8. The first-order chi connectivity index (χ1) is 18.3. The van der Waals surface area contributed by atoms with Crippen LogP contribution in [-0.2, 0) is 21.2 Å². The van der Waals surface area contributed by atoms with Gasteiger partial charge in [-0.1, -0.05) is 72.0 Å². The molecule has 1 N–H and O–H groups in total. The maximum atomic E-state index is 13.6. The lowest BCUT2D eigenvalue weighted by atomic mass is 9.99. The third-order valence-electron chi connectivity index (χ3n) is 6.24.